The van der Waals surface area contributed by atoms with Gasteiger partial charge >= 0.3 is 0 Å². The Hall–Kier alpha value is -3.13. The number of amides is 1. The number of fused-ring (bicyclic) bond motifs is 1. The molecule has 1 aromatic heterocycles. The maximum absolute atomic E-state index is 13.0. The molecule has 0 saturated heterocycles. The summed E-state index contributed by atoms with van der Waals surface area (Å²) in [7, 11) is -3.79. The monoisotopic (exact) mass is 424 g/mol. The largest absolute Gasteiger partial charge is 0.312 e. The molecule has 0 atom stereocenters. The Balaban J connectivity index is 1.58. The number of anilines is 2. The molecule has 0 saturated carbocycles. The van der Waals surface area contributed by atoms with E-state index in [0.717, 1.165) is 28.9 Å². The number of hydrogen-bond donors (Lipinski definition) is 1. The smallest absolute Gasteiger partial charge is 0.261 e. The first-order valence-corrected chi connectivity index (χ1v) is 11.2. The number of nitrogens with zero attached hydrogens (tertiary/aromatic N) is 3. The number of aryl methyl sites for hydroxylation is 2. The first-order valence-electron chi connectivity index (χ1n) is 9.77. The van der Waals surface area contributed by atoms with Crippen LogP contribution < -0.4 is 9.62 Å². The van der Waals surface area contributed by atoms with Gasteiger partial charge in [-0.15, -0.1) is 0 Å². The van der Waals surface area contributed by atoms with Crippen molar-refractivity contribution >= 4 is 27.3 Å². The molecular weight excluding hydrogens is 400 g/mol. The standard InChI is InChI=1S/C22H24N4O3S/c1-15-11-16(2)26(23-15)14-18-5-4-6-20(12-18)24-30(28,29)21-8-7-19-9-10-25(17(3)27)22(19)13-21/h4-8,11-13,24H,9-10,14H2,1-3H3. The first kappa shape index (κ1) is 20.2. The molecule has 7 nitrogen and oxygen atoms in total. The summed E-state index contributed by atoms with van der Waals surface area (Å²) in [5, 5.41) is 4.46. The third-order valence-electron chi connectivity index (χ3n) is 5.26. The van der Waals surface area contributed by atoms with E-state index in [1.54, 1.807) is 29.2 Å². The van der Waals surface area contributed by atoms with E-state index in [9.17, 15) is 13.2 Å². The molecule has 2 heterocycles. The van der Waals surface area contributed by atoms with Crippen LogP contribution in [0.25, 0.3) is 0 Å². The minimum Gasteiger partial charge on any atom is -0.312 e. The van der Waals surface area contributed by atoms with Gasteiger partial charge in [0, 0.05) is 30.5 Å². The predicted molar refractivity (Wildman–Crippen MR) is 116 cm³/mol. The number of aromatic nitrogens is 2. The van der Waals surface area contributed by atoms with Crippen LogP contribution in [-0.2, 0) is 27.8 Å². The third kappa shape index (κ3) is 3.95. The second-order valence-corrected chi connectivity index (χ2v) is 9.28. The number of rotatable bonds is 5. The third-order valence-corrected chi connectivity index (χ3v) is 6.64. The van der Waals surface area contributed by atoms with Crippen LogP contribution in [0.1, 0.15) is 29.4 Å². The van der Waals surface area contributed by atoms with Crippen LogP contribution >= 0.6 is 0 Å². The van der Waals surface area contributed by atoms with E-state index in [1.165, 1.54) is 6.92 Å². The molecule has 1 aliphatic rings. The zero-order chi connectivity index (χ0) is 21.5. The van der Waals surface area contributed by atoms with Crippen molar-refractivity contribution in [3.05, 3.63) is 71.0 Å². The van der Waals surface area contributed by atoms with Gasteiger partial charge in [0.15, 0.2) is 0 Å². The van der Waals surface area contributed by atoms with Crippen LogP contribution in [0.5, 0.6) is 0 Å². The Kier molecular flexibility index (Phi) is 5.11. The van der Waals surface area contributed by atoms with E-state index < -0.39 is 10.0 Å². The molecule has 0 bridgehead atoms. The van der Waals surface area contributed by atoms with Crippen molar-refractivity contribution in [3.8, 4) is 0 Å². The van der Waals surface area contributed by atoms with Crippen molar-refractivity contribution in [1.29, 1.82) is 0 Å². The lowest BCUT2D eigenvalue weighted by Crippen LogP contribution is -2.26. The van der Waals surface area contributed by atoms with Gasteiger partial charge in [0.05, 0.1) is 17.1 Å². The molecule has 0 unspecified atom stereocenters. The molecule has 0 spiro atoms. The second kappa shape index (κ2) is 7.60. The summed E-state index contributed by atoms with van der Waals surface area (Å²) in [5.74, 6) is -0.0897. The Morgan fingerprint density at radius 1 is 1.13 bits per heavy atom. The molecule has 156 valence electrons. The molecule has 1 amide bonds. The lowest BCUT2D eigenvalue weighted by molar-refractivity contribution is -0.116. The Morgan fingerprint density at radius 2 is 1.93 bits per heavy atom. The average Bonchev–Trinajstić information content (AvgIpc) is 3.24. The van der Waals surface area contributed by atoms with Gasteiger partial charge in [-0.2, -0.15) is 5.10 Å². The normalized spacial score (nSPS) is 13.4. The zero-order valence-electron chi connectivity index (χ0n) is 17.2. The van der Waals surface area contributed by atoms with Crippen molar-refractivity contribution in [3.63, 3.8) is 0 Å². The van der Waals surface area contributed by atoms with E-state index in [0.29, 0.717) is 24.5 Å². The van der Waals surface area contributed by atoms with Crippen molar-refractivity contribution in [1.82, 2.24) is 9.78 Å². The lowest BCUT2D eigenvalue weighted by Gasteiger charge is -2.16. The van der Waals surface area contributed by atoms with E-state index in [-0.39, 0.29) is 10.8 Å². The summed E-state index contributed by atoms with van der Waals surface area (Å²) in [4.78, 5) is 13.6. The molecule has 8 heteroatoms. The van der Waals surface area contributed by atoms with E-state index in [2.05, 4.69) is 9.82 Å². The maximum Gasteiger partial charge on any atom is 0.261 e. The van der Waals surface area contributed by atoms with Gasteiger partial charge < -0.3 is 4.90 Å². The van der Waals surface area contributed by atoms with Gasteiger partial charge in [0.2, 0.25) is 5.91 Å². The number of sulfonamides is 1. The van der Waals surface area contributed by atoms with Crippen LogP contribution in [0.4, 0.5) is 11.4 Å². The quantitative estimate of drug-likeness (QED) is 0.681. The fourth-order valence-electron chi connectivity index (χ4n) is 3.81. The van der Waals surface area contributed by atoms with Gasteiger partial charge in [-0.25, -0.2) is 8.42 Å². The molecule has 3 aromatic rings. The van der Waals surface area contributed by atoms with Crippen molar-refractivity contribution in [2.45, 2.75) is 38.6 Å². The van der Waals surface area contributed by atoms with Crippen LogP contribution in [0.2, 0.25) is 0 Å². The molecule has 0 fully saturated rings. The Morgan fingerprint density at radius 3 is 2.63 bits per heavy atom. The van der Waals surface area contributed by atoms with Gasteiger partial charge in [-0.1, -0.05) is 18.2 Å². The second-order valence-electron chi connectivity index (χ2n) is 7.60. The zero-order valence-corrected chi connectivity index (χ0v) is 18.0. The topological polar surface area (TPSA) is 84.3 Å². The van der Waals surface area contributed by atoms with Crippen molar-refractivity contribution in [2.24, 2.45) is 0 Å². The van der Waals surface area contributed by atoms with Crippen LogP contribution in [0.15, 0.2) is 53.4 Å². The number of nitrogens with one attached hydrogen (secondary N) is 1. The molecule has 1 N–H and O–H groups in total. The summed E-state index contributed by atoms with van der Waals surface area (Å²) in [5.41, 5.74) is 5.07. The predicted octanol–water partition coefficient (Wildman–Crippen LogP) is 3.26. The van der Waals surface area contributed by atoms with E-state index >= 15 is 0 Å². The van der Waals surface area contributed by atoms with Gasteiger partial charge in [0.1, 0.15) is 0 Å². The van der Waals surface area contributed by atoms with Gasteiger partial charge in [-0.05, 0) is 61.7 Å². The van der Waals surface area contributed by atoms with E-state index in [4.69, 9.17) is 0 Å². The summed E-state index contributed by atoms with van der Waals surface area (Å²) in [6, 6.07) is 14.2. The summed E-state index contributed by atoms with van der Waals surface area (Å²) < 4.78 is 30.5. The highest BCUT2D eigenvalue weighted by atomic mass is 32.2. The first-order chi connectivity index (χ1) is 14.2. The average molecular weight is 425 g/mol. The van der Waals surface area contributed by atoms with E-state index in [1.807, 2.05) is 42.8 Å². The maximum atomic E-state index is 13.0. The lowest BCUT2D eigenvalue weighted by atomic mass is 10.2. The Labute approximate surface area is 176 Å². The summed E-state index contributed by atoms with van der Waals surface area (Å²) >= 11 is 0. The van der Waals surface area contributed by atoms with Crippen LogP contribution in [-0.4, -0.2) is 30.7 Å². The molecule has 1 aliphatic heterocycles. The molecule has 30 heavy (non-hydrogen) atoms. The van der Waals surface area contributed by atoms with Gasteiger partial charge in [0.25, 0.3) is 10.0 Å². The summed E-state index contributed by atoms with van der Waals surface area (Å²) in [6.45, 7) is 6.56. The highest BCUT2D eigenvalue weighted by Gasteiger charge is 2.25. The Bertz CT molecular complexity index is 1230. The highest BCUT2D eigenvalue weighted by molar-refractivity contribution is 7.92. The van der Waals surface area contributed by atoms with Crippen LogP contribution in [0.3, 0.4) is 0 Å². The van der Waals surface area contributed by atoms with Crippen LogP contribution in [0, 0.1) is 13.8 Å². The van der Waals surface area contributed by atoms with Crippen molar-refractivity contribution in [2.75, 3.05) is 16.2 Å². The van der Waals surface area contributed by atoms with Gasteiger partial charge in [-0.3, -0.25) is 14.2 Å². The SMILES string of the molecule is CC(=O)N1CCc2ccc(S(=O)(=O)Nc3cccc(Cn4nc(C)cc4C)c3)cc21. The number of carbonyl (C=O) groups is 1. The van der Waals surface area contributed by atoms with Crippen molar-refractivity contribution < 1.29 is 13.2 Å². The summed E-state index contributed by atoms with van der Waals surface area (Å²) in [6.07, 6.45) is 0.733. The molecule has 0 radical (unpaired) electrons. The minimum atomic E-state index is -3.79. The molecule has 0 aliphatic carbocycles. The number of benzene rings is 2. The highest BCUT2D eigenvalue weighted by Crippen LogP contribution is 2.31. The molecular formula is C22H24N4O3S. The molecule has 4 rings (SSSR count). The number of hydrogen-bond acceptors (Lipinski definition) is 4. The number of carbonyl (C=O) groups excluding carboxylic acids is 1. The fraction of sp³-hybridized carbons (Fsp3) is 0.273. The molecule has 2 aromatic carbocycles. The minimum absolute atomic E-state index is 0.0897. The fourth-order valence-corrected chi connectivity index (χ4v) is 4.88.